The van der Waals surface area contributed by atoms with Crippen LogP contribution in [0.4, 0.5) is 4.79 Å². The molecule has 0 fully saturated rings. The summed E-state index contributed by atoms with van der Waals surface area (Å²) in [6.45, 7) is 7.87. The normalized spacial score (nSPS) is 11.3. The quantitative estimate of drug-likeness (QED) is 0.852. The van der Waals surface area contributed by atoms with Crippen molar-refractivity contribution < 1.29 is 23.5 Å². The van der Waals surface area contributed by atoms with Gasteiger partial charge < -0.3 is 24.1 Å². The van der Waals surface area contributed by atoms with Crippen molar-refractivity contribution in [2.45, 2.75) is 33.3 Å². The molecule has 7 nitrogen and oxygen atoms in total. The number of alkyl carbamates (subject to hydrolysis) is 1. The highest BCUT2D eigenvalue weighted by molar-refractivity contribution is 5.87. The number of carbonyl (C=O) groups excluding carboxylic acids is 1. The Kier molecular flexibility index (Phi) is 4.98. The summed E-state index contributed by atoms with van der Waals surface area (Å²) in [6, 6.07) is 3.59. The second-order valence-corrected chi connectivity index (χ2v) is 6.03. The van der Waals surface area contributed by atoms with Crippen LogP contribution in [0.25, 0.3) is 11.0 Å². The molecule has 0 aliphatic heterocycles. The summed E-state index contributed by atoms with van der Waals surface area (Å²) in [7, 11) is 1.60. The van der Waals surface area contributed by atoms with E-state index in [9.17, 15) is 4.79 Å². The number of aromatic nitrogens is 1. The molecule has 23 heavy (non-hydrogen) atoms. The van der Waals surface area contributed by atoms with Crippen LogP contribution in [0, 0.1) is 6.92 Å². The maximum atomic E-state index is 11.5. The van der Waals surface area contributed by atoms with Crippen molar-refractivity contribution in [3.8, 4) is 11.6 Å². The third-order valence-corrected chi connectivity index (χ3v) is 3.05. The lowest BCUT2D eigenvalue weighted by Gasteiger charge is -2.19. The number of carbonyl (C=O) groups is 1. The Balaban J connectivity index is 1.94. The van der Waals surface area contributed by atoms with E-state index in [4.69, 9.17) is 18.7 Å². The lowest BCUT2D eigenvalue weighted by atomic mass is 10.1. The standard InChI is InChI=1S/C16H22N2O5/c1-10-11(20-5)6-7-12-13(10)14(18-23-12)21-9-8-17-15(19)22-16(2,3)4/h6-7H,8-9H2,1-5H3,(H,17,19). The molecule has 0 radical (unpaired) electrons. The minimum absolute atomic E-state index is 0.248. The van der Waals surface area contributed by atoms with E-state index < -0.39 is 11.7 Å². The summed E-state index contributed by atoms with van der Waals surface area (Å²) in [4.78, 5) is 11.5. The number of hydrogen-bond donors (Lipinski definition) is 1. The number of rotatable bonds is 5. The van der Waals surface area contributed by atoms with Gasteiger partial charge in [0, 0.05) is 5.56 Å². The van der Waals surface area contributed by atoms with Gasteiger partial charge in [-0.1, -0.05) is 0 Å². The van der Waals surface area contributed by atoms with Crippen LogP contribution in [0.2, 0.25) is 0 Å². The molecular weight excluding hydrogens is 300 g/mol. The van der Waals surface area contributed by atoms with Crippen LogP contribution in [0.1, 0.15) is 26.3 Å². The molecule has 2 rings (SSSR count). The molecule has 0 atom stereocenters. The van der Waals surface area contributed by atoms with E-state index in [-0.39, 0.29) is 6.61 Å². The highest BCUT2D eigenvalue weighted by Crippen LogP contribution is 2.33. The molecule has 0 spiro atoms. The van der Waals surface area contributed by atoms with Gasteiger partial charge in [0.25, 0.3) is 5.88 Å². The number of nitrogens with zero attached hydrogens (tertiary/aromatic N) is 1. The van der Waals surface area contributed by atoms with E-state index >= 15 is 0 Å². The van der Waals surface area contributed by atoms with Crippen molar-refractivity contribution in [2.24, 2.45) is 0 Å². The number of nitrogens with one attached hydrogen (secondary N) is 1. The van der Waals surface area contributed by atoms with E-state index in [1.54, 1.807) is 33.9 Å². The molecular formula is C16H22N2O5. The maximum Gasteiger partial charge on any atom is 0.407 e. The Hall–Kier alpha value is -2.44. The Morgan fingerprint density at radius 2 is 2.09 bits per heavy atom. The van der Waals surface area contributed by atoms with Crippen LogP contribution in [0.5, 0.6) is 11.6 Å². The Labute approximate surface area is 134 Å². The molecule has 1 aromatic heterocycles. The summed E-state index contributed by atoms with van der Waals surface area (Å²) in [5, 5.41) is 7.29. The van der Waals surface area contributed by atoms with Gasteiger partial charge in [-0.3, -0.25) is 0 Å². The largest absolute Gasteiger partial charge is 0.496 e. The molecule has 0 aliphatic carbocycles. The van der Waals surface area contributed by atoms with Crippen molar-refractivity contribution in [2.75, 3.05) is 20.3 Å². The molecule has 1 amide bonds. The van der Waals surface area contributed by atoms with Gasteiger partial charge in [-0.25, -0.2) is 4.79 Å². The van der Waals surface area contributed by atoms with Crippen LogP contribution in [-0.2, 0) is 4.74 Å². The van der Waals surface area contributed by atoms with Gasteiger partial charge in [-0.15, -0.1) is 0 Å². The van der Waals surface area contributed by atoms with Gasteiger partial charge in [-0.05, 0) is 45.0 Å². The third kappa shape index (κ3) is 4.28. The zero-order valence-electron chi connectivity index (χ0n) is 14.1. The molecule has 0 saturated carbocycles. The number of ether oxygens (including phenoxy) is 3. The molecule has 7 heteroatoms. The summed E-state index contributed by atoms with van der Waals surface area (Å²) < 4.78 is 21.2. The number of fused-ring (bicyclic) bond motifs is 1. The lowest BCUT2D eigenvalue weighted by Crippen LogP contribution is -2.34. The molecule has 1 N–H and O–H groups in total. The lowest BCUT2D eigenvalue weighted by molar-refractivity contribution is 0.0520. The predicted octanol–water partition coefficient (Wildman–Crippen LogP) is 3.05. The highest BCUT2D eigenvalue weighted by atomic mass is 16.6. The summed E-state index contributed by atoms with van der Waals surface area (Å²) in [5.74, 6) is 1.11. The molecule has 0 aliphatic rings. The first kappa shape index (κ1) is 16.9. The number of aryl methyl sites for hydroxylation is 1. The molecule has 1 heterocycles. The molecule has 2 aromatic rings. The van der Waals surface area contributed by atoms with Gasteiger partial charge in [0.05, 0.1) is 19.0 Å². The van der Waals surface area contributed by atoms with Gasteiger partial charge in [0.2, 0.25) is 0 Å². The molecule has 0 unspecified atom stereocenters. The Morgan fingerprint density at radius 3 is 2.74 bits per heavy atom. The molecule has 0 bridgehead atoms. The maximum absolute atomic E-state index is 11.5. The van der Waals surface area contributed by atoms with Crippen molar-refractivity contribution in [3.05, 3.63) is 17.7 Å². The van der Waals surface area contributed by atoms with E-state index in [1.165, 1.54) is 0 Å². The fourth-order valence-corrected chi connectivity index (χ4v) is 2.08. The highest BCUT2D eigenvalue weighted by Gasteiger charge is 2.17. The Morgan fingerprint density at radius 1 is 1.35 bits per heavy atom. The average molecular weight is 322 g/mol. The van der Waals surface area contributed by atoms with Gasteiger partial charge in [0.1, 0.15) is 18.0 Å². The second kappa shape index (κ2) is 6.76. The van der Waals surface area contributed by atoms with Crippen LogP contribution >= 0.6 is 0 Å². The summed E-state index contributed by atoms with van der Waals surface area (Å²) in [5.41, 5.74) is 0.987. The minimum atomic E-state index is -0.527. The smallest absolute Gasteiger partial charge is 0.407 e. The molecule has 126 valence electrons. The first-order chi connectivity index (χ1) is 10.8. The SMILES string of the molecule is COc1ccc2onc(OCCNC(=O)OC(C)(C)C)c2c1C. The van der Waals surface area contributed by atoms with Crippen molar-refractivity contribution in [1.82, 2.24) is 10.5 Å². The number of amides is 1. The monoisotopic (exact) mass is 322 g/mol. The minimum Gasteiger partial charge on any atom is -0.496 e. The summed E-state index contributed by atoms with van der Waals surface area (Å²) >= 11 is 0. The van der Waals surface area contributed by atoms with E-state index in [0.717, 1.165) is 16.7 Å². The first-order valence-electron chi connectivity index (χ1n) is 7.34. The zero-order valence-corrected chi connectivity index (χ0v) is 14.1. The predicted molar refractivity (Wildman–Crippen MR) is 85.0 cm³/mol. The van der Waals surface area contributed by atoms with E-state index in [2.05, 4.69) is 10.5 Å². The van der Waals surface area contributed by atoms with Crippen molar-refractivity contribution in [3.63, 3.8) is 0 Å². The van der Waals surface area contributed by atoms with Gasteiger partial charge >= 0.3 is 6.09 Å². The molecule has 1 aromatic carbocycles. The van der Waals surface area contributed by atoms with Crippen molar-refractivity contribution in [1.29, 1.82) is 0 Å². The van der Waals surface area contributed by atoms with E-state index in [0.29, 0.717) is 18.0 Å². The fourth-order valence-electron chi connectivity index (χ4n) is 2.08. The average Bonchev–Trinajstić information content (AvgIpc) is 2.86. The van der Waals surface area contributed by atoms with Crippen LogP contribution in [0.15, 0.2) is 16.7 Å². The van der Waals surface area contributed by atoms with E-state index in [1.807, 2.05) is 13.0 Å². The van der Waals surface area contributed by atoms with Gasteiger partial charge in [-0.2, -0.15) is 0 Å². The molecule has 0 saturated heterocycles. The first-order valence-corrected chi connectivity index (χ1v) is 7.34. The van der Waals surface area contributed by atoms with Crippen LogP contribution < -0.4 is 14.8 Å². The Bertz CT molecular complexity index is 688. The topological polar surface area (TPSA) is 82.8 Å². The number of benzene rings is 1. The zero-order chi connectivity index (χ0) is 17.0. The summed E-state index contributed by atoms with van der Waals surface area (Å²) in [6.07, 6.45) is -0.482. The van der Waals surface area contributed by atoms with Gasteiger partial charge in [0.15, 0.2) is 5.58 Å². The number of methoxy groups -OCH3 is 1. The van der Waals surface area contributed by atoms with Crippen LogP contribution in [0.3, 0.4) is 0 Å². The number of hydrogen-bond acceptors (Lipinski definition) is 6. The van der Waals surface area contributed by atoms with Crippen LogP contribution in [-0.4, -0.2) is 37.1 Å². The second-order valence-electron chi connectivity index (χ2n) is 6.03. The third-order valence-electron chi connectivity index (χ3n) is 3.05. The van der Waals surface area contributed by atoms with Crippen molar-refractivity contribution >= 4 is 17.1 Å². The fraction of sp³-hybridized carbons (Fsp3) is 0.500.